The zero-order valence-corrected chi connectivity index (χ0v) is 23.1. The monoisotopic (exact) mass is 541 g/mol. The van der Waals surface area contributed by atoms with E-state index in [1.165, 1.54) is 6.33 Å². The maximum absolute atomic E-state index is 13.9. The lowest BCUT2D eigenvalue weighted by Gasteiger charge is -2.34. The van der Waals surface area contributed by atoms with Crippen molar-refractivity contribution >= 4 is 22.9 Å². The van der Waals surface area contributed by atoms with Crippen LogP contribution in [0.15, 0.2) is 77.9 Å². The average Bonchev–Trinajstić information content (AvgIpc) is 3.26. The van der Waals surface area contributed by atoms with Crippen LogP contribution in [0.1, 0.15) is 31.7 Å². The predicted octanol–water partition coefficient (Wildman–Crippen LogP) is 4.02. The van der Waals surface area contributed by atoms with Crippen molar-refractivity contribution in [2.75, 3.05) is 33.4 Å². The van der Waals surface area contributed by atoms with Crippen LogP contribution in [-0.4, -0.2) is 68.5 Å². The minimum Gasteiger partial charge on any atom is -0.457 e. The third-order valence-corrected chi connectivity index (χ3v) is 7.41. The maximum Gasteiger partial charge on any atom is 0.335 e. The Bertz CT molecular complexity index is 1550. The minimum absolute atomic E-state index is 0.000671. The molecule has 10 heteroatoms. The molecule has 1 saturated carbocycles. The molecule has 0 spiro atoms. The van der Waals surface area contributed by atoms with Gasteiger partial charge in [0.2, 0.25) is 5.91 Å². The second-order valence-corrected chi connectivity index (χ2v) is 10.4. The molecule has 0 bridgehead atoms. The van der Waals surface area contributed by atoms with Gasteiger partial charge in [0.1, 0.15) is 23.3 Å². The molecule has 2 heterocycles. The van der Waals surface area contributed by atoms with Crippen LogP contribution in [0.3, 0.4) is 0 Å². The number of carbonyl (C=O) groups is 1. The van der Waals surface area contributed by atoms with Gasteiger partial charge >= 0.3 is 5.69 Å². The van der Waals surface area contributed by atoms with Crippen LogP contribution < -0.4 is 16.2 Å². The number of carbonyl (C=O) groups excluding carboxylic acids is 1. The topological polar surface area (TPSA) is 112 Å². The summed E-state index contributed by atoms with van der Waals surface area (Å²) in [6, 6.07) is 16.9. The highest BCUT2D eigenvalue weighted by atomic mass is 16.5. The number of nitrogens with two attached hydrogens (primary N) is 1. The van der Waals surface area contributed by atoms with Crippen LogP contribution in [-0.2, 0) is 4.79 Å². The first kappa shape index (κ1) is 27.1. The SMILES string of the molecule is CN(C)CC=CC(=O)N(C)C1CCC(n2c(=O)n(-c3ccc(Oc4ccccc4)cc3)c3c(N)ncnc32)CC1. The summed E-state index contributed by atoms with van der Waals surface area (Å²) < 4.78 is 9.24. The van der Waals surface area contributed by atoms with Gasteiger partial charge < -0.3 is 20.3 Å². The standard InChI is InChI=1S/C30H35N7O3/c1-34(2)19-7-10-26(38)35(3)21-11-13-23(14-12-21)37-29-27(28(31)32-20-33-29)36(30(37)39)22-15-17-25(18-16-22)40-24-8-5-4-6-9-24/h4-10,15-18,20-21,23H,11-14,19H2,1-3H3,(H2,31,32,33). The number of para-hydroxylation sites is 1. The highest BCUT2D eigenvalue weighted by molar-refractivity contribution is 5.87. The molecule has 1 aliphatic rings. The van der Waals surface area contributed by atoms with Crippen molar-refractivity contribution in [3.05, 3.63) is 83.6 Å². The molecular weight excluding hydrogens is 506 g/mol. The van der Waals surface area contributed by atoms with Gasteiger partial charge in [-0.25, -0.2) is 14.8 Å². The Balaban J connectivity index is 1.38. The van der Waals surface area contributed by atoms with Gasteiger partial charge in [0.05, 0.1) is 5.69 Å². The smallest absolute Gasteiger partial charge is 0.335 e. The van der Waals surface area contributed by atoms with E-state index < -0.39 is 0 Å². The Morgan fingerprint density at radius 2 is 1.68 bits per heavy atom. The number of nitrogens with zero attached hydrogens (tertiary/aromatic N) is 6. The molecule has 0 atom stereocenters. The fourth-order valence-corrected chi connectivity index (χ4v) is 5.29. The van der Waals surface area contributed by atoms with Gasteiger partial charge in [0.15, 0.2) is 11.5 Å². The molecule has 0 aliphatic heterocycles. The fraction of sp³-hybridized carbons (Fsp3) is 0.333. The van der Waals surface area contributed by atoms with Gasteiger partial charge in [-0.3, -0.25) is 13.9 Å². The van der Waals surface area contributed by atoms with Gasteiger partial charge in [0.25, 0.3) is 0 Å². The largest absolute Gasteiger partial charge is 0.457 e. The molecule has 2 aromatic heterocycles. The first-order valence-electron chi connectivity index (χ1n) is 13.5. The van der Waals surface area contributed by atoms with Crippen molar-refractivity contribution in [3.8, 4) is 17.2 Å². The lowest BCUT2D eigenvalue weighted by Crippen LogP contribution is -2.40. The Hall–Kier alpha value is -4.44. The predicted molar refractivity (Wildman–Crippen MR) is 156 cm³/mol. The second kappa shape index (κ2) is 11.7. The number of imidazole rings is 1. The van der Waals surface area contributed by atoms with Gasteiger partial charge in [-0.1, -0.05) is 24.3 Å². The van der Waals surface area contributed by atoms with Gasteiger partial charge in [-0.15, -0.1) is 0 Å². The number of fused-ring (bicyclic) bond motifs is 1. The minimum atomic E-state index is -0.210. The third-order valence-electron chi connectivity index (χ3n) is 7.41. The summed E-state index contributed by atoms with van der Waals surface area (Å²) in [4.78, 5) is 39.0. The molecule has 5 rings (SSSR count). The Labute approximate surface area is 233 Å². The number of hydrogen-bond acceptors (Lipinski definition) is 7. The first-order valence-corrected chi connectivity index (χ1v) is 13.5. The van der Waals surface area contributed by atoms with Crippen LogP contribution in [0.2, 0.25) is 0 Å². The van der Waals surface area contributed by atoms with Crippen LogP contribution in [0.25, 0.3) is 16.9 Å². The number of rotatable bonds is 8. The summed E-state index contributed by atoms with van der Waals surface area (Å²) in [5.74, 6) is 1.63. The number of anilines is 1. The summed E-state index contributed by atoms with van der Waals surface area (Å²) in [6.07, 6.45) is 7.99. The van der Waals surface area contributed by atoms with Crippen molar-refractivity contribution in [2.24, 2.45) is 0 Å². The summed E-state index contributed by atoms with van der Waals surface area (Å²) in [6.45, 7) is 0.715. The fourth-order valence-electron chi connectivity index (χ4n) is 5.29. The average molecular weight is 542 g/mol. The second-order valence-electron chi connectivity index (χ2n) is 10.4. The van der Waals surface area contributed by atoms with Crippen molar-refractivity contribution < 1.29 is 9.53 Å². The molecule has 0 unspecified atom stereocenters. The van der Waals surface area contributed by atoms with E-state index in [1.807, 2.05) is 91.6 Å². The van der Waals surface area contributed by atoms with Crippen molar-refractivity contribution in [3.63, 3.8) is 0 Å². The van der Waals surface area contributed by atoms with Crippen molar-refractivity contribution in [1.82, 2.24) is 28.9 Å². The van der Waals surface area contributed by atoms with Crippen LogP contribution in [0.4, 0.5) is 5.82 Å². The lowest BCUT2D eigenvalue weighted by atomic mass is 9.90. The van der Waals surface area contributed by atoms with Crippen molar-refractivity contribution in [2.45, 2.75) is 37.8 Å². The van der Waals surface area contributed by atoms with Crippen molar-refractivity contribution in [1.29, 1.82) is 0 Å². The molecule has 1 aliphatic carbocycles. The van der Waals surface area contributed by atoms with Gasteiger partial charge in [-0.2, -0.15) is 0 Å². The Kier molecular flexibility index (Phi) is 7.97. The molecular formula is C30H35N7O3. The molecule has 0 radical (unpaired) electrons. The van der Waals surface area contributed by atoms with E-state index in [4.69, 9.17) is 10.5 Å². The Morgan fingerprint density at radius 3 is 2.35 bits per heavy atom. The lowest BCUT2D eigenvalue weighted by molar-refractivity contribution is -0.127. The summed E-state index contributed by atoms with van der Waals surface area (Å²) >= 11 is 0. The molecule has 2 N–H and O–H groups in total. The van der Waals surface area contributed by atoms with Crippen LogP contribution in [0.5, 0.6) is 11.5 Å². The quantitative estimate of drug-likeness (QED) is 0.336. The number of aromatic nitrogens is 4. The number of amides is 1. The molecule has 1 amide bonds. The van der Waals surface area contributed by atoms with E-state index in [1.54, 1.807) is 15.2 Å². The number of nitrogen functional groups attached to an aromatic ring is 1. The van der Waals surface area contributed by atoms with Gasteiger partial charge in [-0.05, 0) is 76.2 Å². The number of benzene rings is 2. The summed E-state index contributed by atoms with van der Waals surface area (Å²) in [5, 5.41) is 0. The maximum atomic E-state index is 13.9. The van der Waals surface area contributed by atoms with E-state index >= 15 is 0 Å². The van der Waals surface area contributed by atoms with E-state index in [0.29, 0.717) is 29.1 Å². The third kappa shape index (κ3) is 5.62. The zero-order valence-electron chi connectivity index (χ0n) is 23.1. The molecule has 2 aromatic carbocycles. The molecule has 10 nitrogen and oxygen atoms in total. The van der Waals surface area contributed by atoms with Gasteiger partial charge in [0, 0.05) is 31.8 Å². The molecule has 208 valence electrons. The van der Waals surface area contributed by atoms with E-state index in [-0.39, 0.29) is 29.5 Å². The van der Waals surface area contributed by atoms with E-state index in [2.05, 4.69) is 9.97 Å². The number of ether oxygens (including phenoxy) is 1. The first-order chi connectivity index (χ1) is 19.3. The van der Waals surface area contributed by atoms with Crippen LogP contribution >= 0.6 is 0 Å². The summed E-state index contributed by atoms with van der Waals surface area (Å²) in [5.41, 5.74) is 7.74. The highest BCUT2D eigenvalue weighted by Gasteiger charge is 2.30. The van der Waals surface area contributed by atoms with E-state index in [0.717, 1.165) is 31.4 Å². The number of hydrogen-bond donors (Lipinski definition) is 1. The molecule has 4 aromatic rings. The van der Waals surface area contributed by atoms with Crippen LogP contribution in [0, 0.1) is 0 Å². The highest BCUT2D eigenvalue weighted by Crippen LogP contribution is 2.33. The summed E-state index contributed by atoms with van der Waals surface area (Å²) in [7, 11) is 5.78. The molecule has 1 fully saturated rings. The molecule has 40 heavy (non-hydrogen) atoms. The Morgan fingerprint density at radius 1 is 1.00 bits per heavy atom. The van der Waals surface area contributed by atoms with E-state index in [9.17, 15) is 9.59 Å². The molecule has 0 saturated heterocycles. The number of likely N-dealkylation sites (N-methyl/N-ethyl adjacent to an activating group) is 2. The zero-order chi connectivity index (χ0) is 28.2. The normalized spacial score (nSPS) is 17.5.